The summed E-state index contributed by atoms with van der Waals surface area (Å²) in [7, 11) is -3.02. The number of hydrogen-bond acceptors (Lipinski definition) is 7. The molecule has 0 aliphatic carbocycles. The maximum Gasteiger partial charge on any atom is 0.418 e. The van der Waals surface area contributed by atoms with E-state index in [4.69, 9.17) is 9.39 Å². The molecule has 138 valence electrons. The Morgan fingerprint density at radius 3 is 2.88 bits per heavy atom. The number of hydrogen-bond donors (Lipinski definition) is 2. The predicted molar refractivity (Wildman–Crippen MR) is 79.5 cm³/mol. The molecule has 0 radical (unpaired) electrons. The predicted octanol–water partition coefficient (Wildman–Crippen LogP) is -1.03. The molecule has 1 aromatic rings. The smallest absolute Gasteiger partial charge is 0.340 e. The minimum Gasteiger partial charge on any atom is -0.340 e. The lowest BCUT2D eigenvalue weighted by molar-refractivity contribution is -0.140. The highest BCUT2D eigenvalue weighted by Gasteiger charge is 2.49. The molecule has 1 unspecified atom stereocenters. The molecular weight excluding hydrogens is 358 g/mol. The summed E-state index contributed by atoms with van der Waals surface area (Å²) in [6, 6.07) is -2.17. The monoisotopic (exact) mass is 375 g/mol. The topological polar surface area (TPSA) is 143 Å². The fraction of sp³-hybridized carbons (Fsp3) is 0.583. The molecule has 3 rings (SSSR count). The summed E-state index contributed by atoms with van der Waals surface area (Å²) >= 11 is 0. The van der Waals surface area contributed by atoms with Crippen LogP contribution in [0.3, 0.4) is 0 Å². The quantitative estimate of drug-likeness (QED) is 0.475. The van der Waals surface area contributed by atoms with Crippen LogP contribution in [0.15, 0.2) is 12.5 Å². The summed E-state index contributed by atoms with van der Waals surface area (Å²) in [6.07, 6.45) is 3.97. The number of rotatable bonds is 6. The highest BCUT2D eigenvalue weighted by atomic mass is 32.3. The van der Waals surface area contributed by atoms with E-state index in [1.54, 1.807) is 24.1 Å². The van der Waals surface area contributed by atoms with Crippen LogP contribution in [0.2, 0.25) is 0 Å². The number of hydroxylamine groups is 3. The lowest BCUT2D eigenvalue weighted by Crippen LogP contribution is -2.49. The van der Waals surface area contributed by atoms with E-state index < -0.39 is 34.4 Å². The van der Waals surface area contributed by atoms with Gasteiger partial charge < -0.3 is 9.47 Å². The van der Waals surface area contributed by atoms with Gasteiger partial charge in [0.05, 0.1) is 18.1 Å². The molecule has 3 amide bonds. The number of urea groups is 1. The Kier molecular flexibility index (Phi) is 4.64. The molecule has 2 atom stereocenters. The molecule has 25 heavy (non-hydrogen) atoms. The van der Waals surface area contributed by atoms with Crippen LogP contribution < -0.4 is 5.48 Å². The van der Waals surface area contributed by atoms with Crippen molar-refractivity contribution in [3.8, 4) is 0 Å². The Hall–Kier alpha value is -2.22. The number of amides is 3. The molecule has 13 heteroatoms. The lowest BCUT2D eigenvalue weighted by atomic mass is 10.0. The molecule has 0 saturated carbocycles. The number of carbonyl (C=O) groups excluding carboxylic acids is 2. The lowest BCUT2D eigenvalue weighted by Gasteiger charge is -2.28. The molecule has 2 bridgehead atoms. The van der Waals surface area contributed by atoms with Crippen LogP contribution in [-0.4, -0.2) is 63.1 Å². The van der Waals surface area contributed by atoms with Gasteiger partial charge in [-0.3, -0.25) is 14.2 Å². The van der Waals surface area contributed by atoms with Gasteiger partial charge in [-0.25, -0.2) is 15.3 Å². The zero-order chi connectivity index (χ0) is 18.2. The number of carbonyl (C=O) groups is 2. The average Bonchev–Trinajstić information content (AvgIpc) is 3.04. The second-order valence-corrected chi connectivity index (χ2v) is 6.80. The highest BCUT2D eigenvalue weighted by Crippen LogP contribution is 2.30. The Labute approximate surface area is 143 Å². The second kappa shape index (κ2) is 6.59. The van der Waals surface area contributed by atoms with Crippen molar-refractivity contribution in [1.82, 2.24) is 25.0 Å². The number of piperidine rings is 1. The summed E-state index contributed by atoms with van der Waals surface area (Å²) in [4.78, 5) is 34.8. The van der Waals surface area contributed by atoms with Crippen molar-refractivity contribution in [3.63, 3.8) is 0 Å². The first-order chi connectivity index (χ1) is 11.7. The van der Waals surface area contributed by atoms with Crippen LogP contribution in [0.4, 0.5) is 4.79 Å². The van der Waals surface area contributed by atoms with Gasteiger partial charge in [0.15, 0.2) is 0 Å². The van der Waals surface area contributed by atoms with Crippen molar-refractivity contribution in [3.05, 3.63) is 18.2 Å². The molecule has 2 fully saturated rings. The zero-order valence-corrected chi connectivity index (χ0v) is 14.0. The molecule has 2 saturated heterocycles. The summed E-state index contributed by atoms with van der Waals surface area (Å²) in [5.74, 6) is -0.531. The van der Waals surface area contributed by atoms with E-state index in [0.29, 0.717) is 23.6 Å². The summed E-state index contributed by atoms with van der Waals surface area (Å²) < 4.78 is 36.4. The maximum atomic E-state index is 12.2. The molecule has 3 heterocycles. The van der Waals surface area contributed by atoms with E-state index in [1.807, 2.05) is 0 Å². The number of aromatic nitrogens is 2. The Morgan fingerprint density at radius 1 is 1.48 bits per heavy atom. The minimum absolute atomic E-state index is 0.0634. The Morgan fingerprint density at radius 2 is 2.24 bits per heavy atom. The summed E-state index contributed by atoms with van der Waals surface area (Å²) in [5.41, 5.74) is 2.89. The first-order valence-electron chi connectivity index (χ1n) is 7.40. The van der Waals surface area contributed by atoms with Crippen molar-refractivity contribution >= 4 is 22.3 Å². The largest absolute Gasteiger partial charge is 0.418 e. The third-order valence-electron chi connectivity index (χ3n) is 3.95. The second-order valence-electron chi connectivity index (χ2n) is 5.80. The van der Waals surface area contributed by atoms with E-state index in [1.165, 1.54) is 4.90 Å². The van der Waals surface area contributed by atoms with E-state index in [2.05, 4.69) is 14.7 Å². The van der Waals surface area contributed by atoms with Gasteiger partial charge >= 0.3 is 16.4 Å². The van der Waals surface area contributed by atoms with Gasteiger partial charge in [-0.1, -0.05) is 0 Å². The Bertz CT molecular complexity index is 779. The summed E-state index contributed by atoms with van der Waals surface area (Å²) in [6.45, 7) is 0.181. The minimum atomic E-state index is -4.82. The van der Waals surface area contributed by atoms with Gasteiger partial charge in [-0.15, -0.1) is 4.28 Å². The van der Waals surface area contributed by atoms with E-state index in [9.17, 15) is 18.0 Å². The van der Waals surface area contributed by atoms with Crippen LogP contribution in [0.5, 0.6) is 0 Å². The average molecular weight is 375 g/mol. The fourth-order valence-electron chi connectivity index (χ4n) is 2.89. The molecule has 2 N–H and O–H groups in total. The third kappa shape index (κ3) is 3.89. The number of fused-ring (bicyclic) bond motifs is 2. The molecule has 0 aromatic carbocycles. The standard InChI is InChI=1S/C12H17N5O7S/c1-15-4-8(13-7-15)6-23-14-11(18)10-3-2-9-5-16(10)12(19)17(9)24-25(20,21)22/h4,7,9-10H,2-3,5-6H2,1H3,(H,14,18)(H,20,21,22)/t9?,10-/m0/s1. The van der Waals surface area contributed by atoms with Gasteiger partial charge in [-0.2, -0.15) is 13.5 Å². The highest BCUT2D eigenvalue weighted by molar-refractivity contribution is 7.80. The van der Waals surface area contributed by atoms with E-state index in [0.717, 1.165) is 0 Å². The van der Waals surface area contributed by atoms with Crippen LogP contribution in [-0.2, 0) is 38.0 Å². The molecule has 0 spiro atoms. The van der Waals surface area contributed by atoms with Gasteiger partial charge in [-0.05, 0) is 12.8 Å². The molecular formula is C12H17N5O7S. The molecule has 12 nitrogen and oxygen atoms in total. The van der Waals surface area contributed by atoms with Crippen LogP contribution in [0, 0.1) is 0 Å². The summed E-state index contributed by atoms with van der Waals surface area (Å²) in [5, 5.41) is 0.581. The Balaban J connectivity index is 1.56. The normalized spacial score (nSPS) is 23.2. The van der Waals surface area contributed by atoms with Crippen molar-refractivity contribution in [2.45, 2.75) is 31.5 Å². The van der Waals surface area contributed by atoms with Crippen LogP contribution in [0.1, 0.15) is 18.5 Å². The molecule has 1 aromatic heterocycles. The maximum absolute atomic E-state index is 12.2. The van der Waals surface area contributed by atoms with Crippen molar-refractivity contribution < 1.29 is 31.7 Å². The van der Waals surface area contributed by atoms with E-state index >= 15 is 0 Å². The first-order valence-corrected chi connectivity index (χ1v) is 8.76. The zero-order valence-electron chi connectivity index (χ0n) is 13.2. The van der Waals surface area contributed by atoms with Gasteiger partial charge in [0.1, 0.15) is 12.6 Å². The molecule has 2 aliphatic heterocycles. The third-order valence-corrected chi connectivity index (χ3v) is 4.30. The van der Waals surface area contributed by atoms with E-state index in [-0.39, 0.29) is 13.2 Å². The number of nitrogens with zero attached hydrogens (tertiary/aromatic N) is 4. The van der Waals surface area contributed by atoms with Gasteiger partial charge in [0.25, 0.3) is 5.91 Å². The van der Waals surface area contributed by atoms with Crippen molar-refractivity contribution in [2.24, 2.45) is 7.05 Å². The van der Waals surface area contributed by atoms with Crippen LogP contribution >= 0.6 is 0 Å². The number of imidazole rings is 1. The van der Waals surface area contributed by atoms with Crippen molar-refractivity contribution in [2.75, 3.05) is 6.54 Å². The van der Waals surface area contributed by atoms with Gasteiger partial charge in [0.2, 0.25) is 0 Å². The van der Waals surface area contributed by atoms with Crippen molar-refractivity contribution in [1.29, 1.82) is 0 Å². The first kappa shape index (κ1) is 17.6. The SMILES string of the molecule is Cn1cnc(CONC(=O)[C@@H]2CCC3CN2C(=O)N3OS(=O)(=O)O)c1. The number of nitrogens with one attached hydrogen (secondary N) is 1. The molecule has 2 aliphatic rings. The van der Waals surface area contributed by atoms with Crippen LogP contribution in [0.25, 0.3) is 0 Å². The van der Waals surface area contributed by atoms with Gasteiger partial charge in [0, 0.05) is 19.8 Å². The number of aryl methyl sites for hydroxylation is 1. The fourth-order valence-corrected chi connectivity index (χ4v) is 3.28.